The molecule has 1 unspecified atom stereocenters. The molecule has 1 aliphatic heterocycles. The van der Waals surface area contributed by atoms with Gasteiger partial charge in [-0.1, -0.05) is 37.3 Å². The smallest absolute Gasteiger partial charge is 0.223 e. The zero-order valence-electron chi connectivity index (χ0n) is 11.5. The van der Waals surface area contributed by atoms with Gasteiger partial charge in [-0.05, 0) is 18.4 Å². The SMILES string of the molecule is CC1CCCN(Cc2ccccc2)C(=O)CCC1=O. The van der Waals surface area contributed by atoms with Gasteiger partial charge >= 0.3 is 0 Å². The van der Waals surface area contributed by atoms with E-state index in [0.717, 1.165) is 24.9 Å². The minimum Gasteiger partial charge on any atom is -0.338 e. The summed E-state index contributed by atoms with van der Waals surface area (Å²) in [5.41, 5.74) is 1.15. The molecular weight excluding hydrogens is 238 g/mol. The lowest BCUT2D eigenvalue weighted by atomic mass is 9.98. The van der Waals surface area contributed by atoms with Crippen LogP contribution in [0.25, 0.3) is 0 Å². The molecule has 0 N–H and O–H groups in total. The first-order valence-electron chi connectivity index (χ1n) is 7.01. The fourth-order valence-electron chi connectivity index (χ4n) is 2.48. The van der Waals surface area contributed by atoms with Crippen molar-refractivity contribution in [2.75, 3.05) is 6.54 Å². The van der Waals surface area contributed by atoms with Crippen LogP contribution in [0.5, 0.6) is 0 Å². The van der Waals surface area contributed by atoms with E-state index in [1.165, 1.54) is 0 Å². The Morgan fingerprint density at radius 3 is 2.63 bits per heavy atom. The fraction of sp³-hybridized carbons (Fsp3) is 0.500. The maximum atomic E-state index is 12.2. The Bertz CT molecular complexity index is 441. The van der Waals surface area contributed by atoms with E-state index in [-0.39, 0.29) is 17.6 Å². The van der Waals surface area contributed by atoms with E-state index in [2.05, 4.69) is 0 Å². The summed E-state index contributed by atoms with van der Waals surface area (Å²) in [5.74, 6) is 0.436. The number of carbonyl (C=O) groups is 2. The predicted octanol–water partition coefficient (Wildman–Crippen LogP) is 2.79. The Morgan fingerprint density at radius 2 is 1.89 bits per heavy atom. The second kappa shape index (κ2) is 6.50. The topological polar surface area (TPSA) is 37.4 Å². The number of rotatable bonds is 2. The first-order chi connectivity index (χ1) is 9.16. The average Bonchev–Trinajstić information content (AvgIpc) is 2.48. The van der Waals surface area contributed by atoms with Crippen molar-refractivity contribution < 1.29 is 9.59 Å². The molecule has 1 fully saturated rings. The summed E-state index contributed by atoms with van der Waals surface area (Å²) in [7, 11) is 0. The van der Waals surface area contributed by atoms with E-state index in [1.54, 1.807) is 0 Å². The maximum absolute atomic E-state index is 12.2. The van der Waals surface area contributed by atoms with E-state index >= 15 is 0 Å². The second-order valence-electron chi connectivity index (χ2n) is 5.31. The summed E-state index contributed by atoms with van der Waals surface area (Å²) in [6.45, 7) is 3.38. The van der Waals surface area contributed by atoms with Crippen LogP contribution < -0.4 is 0 Å². The van der Waals surface area contributed by atoms with Crippen molar-refractivity contribution in [3.63, 3.8) is 0 Å². The molecule has 0 bridgehead atoms. The Hall–Kier alpha value is -1.64. The van der Waals surface area contributed by atoms with Crippen LogP contribution in [-0.4, -0.2) is 23.1 Å². The highest BCUT2D eigenvalue weighted by molar-refractivity contribution is 5.86. The molecule has 1 saturated heterocycles. The molecule has 1 amide bonds. The van der Waals surface area contributed by atoms with Crippen LogP contribution in [-0.2, 0) is 16.1 Å². The lowest BCUT2D eigenvalue weighted by molar-refractivity contribution is -0.133. The van der Waals surface area contributed by atoms with Crippen LogP contribution >= 0.6 is 0 Å². The summed E-state index contributed by atoms with van der Waals surface area (Å²) in [6.07, 6.45) is 2.55. The first kappa shape index (κ1) is 13.8. The third-order valence-corrected chi connectivity index (χ3v) is 3.77. The van der Waals surface area contributed by atoms with Gasteiger partial charge in [0.1, 0.15) is 5.78 Å². The van der Waals surface area contributed by atoms with E-state index < -0.39 is 0 Å². The number of Topliss-reactive ketones (excluding diaryl/α,β-unsaturated/α-hetero) is 1. The lowest BCUT2D eigenvalue weighted by Crippen LogP contribution is -2.31. The molecular formula is C16H21NO2. The van der Waals surface area contributed by atoms with Gasteiger partial charge in [-0.15, -0.1) is 0 Å². The van der Waals surface area contributed by atoms with Gasteiger partial charge < -0.3 is 4.90 Å². The molecule has 0 aromatic heterocycles. The standard InChI is InChI=1S/C16H21NO2/c1-13-6-5-11-17(16(19)10-9-15(13)18)12-14-7-3-2-4-8-14/h2-4,7-8,13H,5-6,9-12H2,1H3. The highest BCUT2D eigenvalue weighted by atomic mass is 16.2. The van der Waals surface area contributed by atoms with Gasteiger partial charge in [-0.3, -0.25) is 9.59 Å². The molecule has 0 radical (unpaired) electrons. The van der Waals surface area contributed by atoms with Crippen molar-refractivity contribution in [1.82, 2.24) is 4.90 Å². The zero-order chi connectivity index (χ0) is 13.7. The molecule has 0 spiro atoms. The summed E-state index contributed by atoms with van der Waals surface area (Å²) in [4.78, 5) is 25.8. The Morgan fingerprint density at radius 1 is 1.16 bits per heavy atom. The number of ketones is 1. The molecule has 1 aromatic rings. The number of benzene rings is 1. The molecule has 0 saturated carbocycles. The van der Waals surface area contributed by atoms with Gasteiger partial charge in [0.2, 0.25) is 5.91 Å². The first-order valence-corrected chi connectivity index (χ1v) is 7.01. The van der Waals surface area contributed by atoms with Crippen LogP contribution in [0.1, 0.15) is 38.2 Å². The highest BCUT2D eigenvalue weighted by Gasteiger charge is 2.21. The van der Waals surface area contributed by atoms with Gasteiger partial charge in [-0.25, -0.2) is 0 Å². The highest BCUT2D eigenvalue weighted by Crippen LogP contribution is 2.17. The predicted molar refractivity (Wildman–Crippen MR) is 74.5 cm³/mol. The molecule has 1 aliphatic rings. The number of hydrogen-bond acceptors (Lipinski definition) is 2. The van der Waals surface area contributed by atoms with Crippen LogP contribution in [0.3, 0.4) is 0 Å². The molecule has 1 aromatic carbocycles. The van der Waals surface area contributed by atoms with E-state index in [9.17, 15) is 9.59 Å². The third kappa shape index (κ3) is 3.91. The van der Waals surface area contributed by atoms with Gasteiger partial charge in [0.05, 0.1) is 0 Å². The van der Waals surface area contributed by atoms with E-state index in [4.69, 9.17) is 0 Å². The zero-order valence-corrected chi connectivity index (χ0v) is 11.5. The van der Waals surface area contributed by atoms with Crippen molar-refractivity contribution in [2.24, 2.45) is 5.92 Å². The number of carbonyl (C=O) groups excluding carboxylic acids is 2. The Kier molecular flexibility index (Phi) is 4.72. The number of amides is 1. The summed E-state index contributed by atoms with van der Waals surface area (Å²) in [6, 6.07) is 10.0. The van der Waals surface area contributed by atoms with Gasteiger partial charge in [0, 0.05) is 31.8 Å². The molecule has 19 heavy (non-hydrogen) atoms. The molecule has 1 heterocycles. The molecule has 3 heteroatoms. The molecule has 0 aliphatic carbocycles. The van der Waals surface area contributed by atoms with Crippen molar-refractivity contribution in [3.8, 4) is 0 Å². The number of nitrogens with zero attached hydrogens (tertiary/aromatic N) is 1. The van der Waals surface area contributed by atoms with E-state index in [1.807, 2.05) is 42.2 Å². The molecule has 1 atom stereocenters. The van der Waals surface area contributed by atoms with Crippen LogP contribution in [0.2, 0.25) is 0 Å². The van der Waals surface area contributed by atoms with Crippen molar-refractivity contribution in [2.45, 2.75) is 39.2 Å². The second-order valence-corrected chi connectivity index (χ2v) is 5.31. The largest absolute Gasteiger partial charge is 0.338 e. The quantitative estimate of drug-likeness (QED) is 0.819. The van der Waals surface area contributed by atoms with Crippen molar-refractivity contribution in [3.05, 3.63) is 35.9 Å². The summed E-state index contributed by atoms with van der Waals surface area (Å²) in [5, 5.41) is 0. The molecule has 3 nitrogen and oxygen atoms in total. The van der Waals surface area contributed by atoms with Gasteiger partial charge in [0.15, 0.2) is 0 Å². The van der Waals surface area contributed by atoms with E-state index in [0.29, 0.717) is 19.4 Å². The van der Waals surface area contributed by atoms with Crippen LogP contribution in [0.4, 0.5) is 0 Å². The Labute approximate surface area is 114 Å². The monoisotopic (exact) mass is 259 g/mol. The number of hydrogen-bond donors (Lipinski definition) is 0. The van der Waals surface area contributed by atoms with Crippen LogP contribution in [0, 0.1) is 5.92 Å². The van der Waals surface area contributed by atoms with Crippen molar-refractivity contribution >= 4 is 11.7 Å². The summed E-state index contributed by atoms with van der Waals surface area (Å²) < 4.78 is 0. The van der Waals surface area contributed by atoms with Gasteiger partial charge in [-0.2, -0.15) is 0 Å². The lowest BCUT2D eigenvalue weighted by Gasteiger charge is -2.22. The minimum absolute atomic E-state index is 0.101. The average molecular weight is 259 g/mol. The fourth-order valence-corrected chi connectivity index (χ4v) is 2.48. The summed E-state index contributed by atoms with van der Waals surface area (Å²) >= 11 is 0. The third-order valence-electron chi connectivity index (χ3n) is 3.77. The molecule has 2 rings (SSSR count). The Balaban J connectivity index is 2.02. The van der Waals surface area contributed by atoms with Gasteiger partial charge in [0.25, 0.3) is 0 Å². The van der Waals surface area contributed by atoms with Crippen molar-refractivity contribution in [1.29, 1.82) is 0 Å². The van der Waals surface area contributed by atoms with Crippen LogP contribution in [0.15, 0.2) is 30.3 Å². The normalized spacial score (nSPS) is 21.7. The molecule has 102 valence electrons. The minimum atomic E-state index is 0.101. The maximum Gasteiger partial charge on any atom is 0.223 e.